The average molecular weight is 274 g/mol. The van der Waals surface area contributed by atoms with Crippen molar-refractivity contribution in [1.29, 1.82) is 0 Å². The first-order chi connectivity index (χ1) is 9.58. The number of carbonyl (C=O) groups excluding carboxylic acids is 1. The molecule has 2 heterocycles. The zero-order valence-corrected chi connectivity index (χ0v) is 11.6. The molecular weight excluding hydrogens is 256 g/mol. The first-order valence-corrected chi connectivity index (χ1v) is 6.54. The number of aryl methyl sites for hydroxylation is 3. The molecule has 2 N–H and O–H groups in total. The second-order valence-corrected chi connectivity index (χ2v) is 4.68. The maximum Gasteiger partial charge on any atom is 0.256 e. The summed E-state index contributed by atoms with van der Waals surface area (Å²) in [6.45, 7) is 5.20. The van der Waals surface area contributed by atoms with E-state index in [9.17, 15) is 9.59 Å². The van der Waals surface area contributed by atoms with Crippen LogP contribution in [0.15, 0.2) is 29.3 Å². The first kappa shape index (κ1) is 14.0. The molecule has 0 saturated heterocycles. The highest BCUT2D eigenvalue weighted by Gasteiger charge is 2.08. The van der Waals surface area contributed by atoms with E-state index in [-0.39, 0.29) is 16.9 Å². The molecule has 0 fully saturated rings. The van der Waals surface area contributed by atoms with Crippen molar-refractivity contribution >= 4 is 5.91 Å². The van der Waals surface area contributed by atoms with Crippen molar-refractivity contribution in [2.24, 2.45) is 0 Å². The third kappa shape index (κ3) is 3.34. The van der Waals surface area contributed by atoms with Crippen molar-refractivity contribution in [3.63, 3.8) is 0 Å². The fourth-order valence-electron chi connectivity index (χ4n) is 2.02. The van der Waals surface area contributed by atoms with Crippen LogP contribution in [0.4, 0.5) is 0 Å². The molecule has 0 aliphatic rings. The molecule has 2 aromatic rings. The second-order valence-electron chi connectivity index (χ2n) is 4.68. The molecule has 0 saturated carbocycles. The number of pyridine rings is 1. The van der Waals surface area contributed by atoms with Crippen molar-refractivity contribution < 1.29 is 4.79 Å². The summed E-state index contributed by atoms with van der Waals surface area (Å²) in [5.41, 5.74) is 1.95. The minimum Gasteiger partial charge on any atom is -0.367 e. The minimum atomic E-state index is -0.347. The Morgan fingerprint density at radius 3 is 2.90 bits per heavy atom. The Bertz CT molecular complexity index is 657. The molecule has 2 aromatic heterocycles. The van der Waals surface area contributed by atoms with Gasteiger partial charge in [0.25, 0.3) is 5.91 Å². The largest absolute Gasteiger partial charge is 0.367 e. The standard InChI is InChI=1S/C14H18N4O2/c1-10-8-11(2)18(17-10)7-3-5-16-14(20)12-9-15-6-4-13(12)19/h4,6,8-9H,3,5,7H2,1-2H3,(H,15,19)(H,16,20). The van der Waals surface area contributed by atoms with Crippen molar-refractivity contribution in [2.45, 2.75) is 26.8 Å². The Balaban J connectivity index is 1.82. The summed E-state index contributed by atoms with van der Waals surface area (Å²) in [6, 6.07) is 3.35. The van der Waals surface area contributed by atoms with Gasteiger partial charge in [0, 0.05) is 37.2 Å². The number of hydrogen-bond acceptors (Lipinski definition) is 3. The summed E-state index contributed by atoms with van der Waals surface area (Å²) in [5, 5.41) is 7.08. The van der Waals surface area contributed by atoms with Crippen LogP contribution in [0.1, 0.15) is 28.2 Å². The fourth-order valence-corrected chi connectivity index (χ4v) is 2.02. The minimum absolute atomic E-state index is 0.138. The SMILES string of the molecule is Cc1cc(C)n(CCCNC(=O)c2c[nH]ccc2=O)n1. The lowest BCUT2D eigenvalue weighted by atomic mass is 10.2. The summed E-state index contributed by atoms with van der Waals surface area (Å²) in [4.78, 5) is 26.0. The Labute approximate surface area is 116 Å². The molecule has 0 atom stereocenters. The lowest BCUT2D eigenvalue weighted by Crippen LogP contribution is -2.29. The van der Waals surface area contributed by atoms with Gasteiger partial charge in [0.15, 0.2) is 5.43 Å². The van der Waals surface area contributed by atoms with Crippen LogP contribution in [-0.2, 0) is 6.54 Å². The van der Waals surface area contributed by atoms with Gasteiger partial charge in [-0.15, -0.1) is 0 Å². The van der Waals surface area contributed by atoms with Crippen molar-refractivity contribution in [1.82, 2.24) is 20.1 Å². The average Bonchev–Trinajstić information content (AvgIpc) is 2.73. The van der Waals surface area contributed by atoms with E-state index in [0.29, 0.717) is 6.54 Å². The molecule has 20 heavy (non-hydrogen) atoms. The maximum atomic E-state index is 11.8. The Hall–Kier alpha value is -2.37. The number of rotatable bonds is 5. The molecular formula is C14H18N4O2. The lowest BCUT2D eigenvalue weighted by molar-refractivity contribution is 0.0951. The normalized spacial score (nSPS) is 10.5. The molecule has 2 rings (SSSR count). The van der Waals surface area contributed by atoms with Crippen molar-refractivity contribution in [2.75, 3.05) is 6.54 Å². The number of carbonyl (C=O) groups is 1. The molecule has 6 heteroatoms. The third-order valence-electron chi connectivity index (χ3n) is 3.00. The second kappa shape index (κ2) is 6.18. The highest BCUT2D eigenvalue weighted by molar-refractivity contribution is 5.93. The van der Waals surface area contributed by atoms with Crippen LogP contribution in [0.5, 0.6) is 0 Å². The Kier molecular flexibility index (Phi) is 4.34. The van der Waals surface area contributed by atoms with Gasteiger partial charge in [-0.1, -0.05) is 0 Å². The maximum absolute atomic E-state index is 11.8. The third-order valence-corrected chi connectivity index (χ3v) is 3.00. The number of amides is 1. The van der Waals surface area contributed by atoms with E-state index in [1.165, 1.54) is 18.5 Å². The highest BCUT2D eigenvalue weighted by Crippen LogP contribution is 2.02. The predicted octanol–water partition coefficient (Wildman–Crippen LogP) is 1.01. The molecule has 0 spiro atoms. The van der Waals surface area contributed by atoms with Gasteiger partial charge in [-0.2, -0.15) is 5.10 Å². The summed E-state index contributed by atoms with van der Waals surface area (Å²) >= 11 is 0. The number of aromatic amines is 1. The van der Waals surface area contributed by atoms with Crippen LogP contribution in [-0.4, -0.2) is 27.2 Å². The van der Waals surface area contributed by atoms with E-state index in [0.717, 1.165) is 24.4 Å². The van der Waals surface area contributed by atoms with E-state index in [1.807, 2.05) is 24.6 Å². The fraction of sp³-hybridized carbons (Fsp3) is 0.357. The topological polar surface area (TPSA) is 79.8 Å². The summed E-state index contributed by atoms with van der Waals surface area (Å²) in [7, 11) is 0. The summed E-state index contributed by atoms with van der Waals surface area (Å²) in [5.74, 6) is -0.347. The van der Waals surface area contributed by atoms with Gasteiger partial charge in [0.05, 0.1) is 5.69 Å². The predicted molar refractivity (Wildman–Crippen MR) is 75.7 cm³/mol. The van der Waals surface area contributed by atoms with Crippen LogP contribution in [0.2, 0.25) is 0 Å². The number of H-pyrrole nitrogens is 1. The van der Waals surface area contributed by atoms with Gasteiger partial charge < -0.3 is 10.3 Å². The van der Waals surface area contributed by atoms with Crippen LogP contribution < -0.4 is 10.7 Å². The van der Waals surface area contributed by atoms with Gasteiger partial charge in [-0.05, 0) is 26.3 Å². The van der Waals surface area contributed by atoms with Gasteiger partial charge >= 0.3 is 0 Å². The van der Waals surface area contributed by atoms with Gasteiger partial charge in [-0.25, -0.2) is 0 Å². The molecule has 1 amide bonds. The van der Waals surface area contributed by atoms with Gasteiger partial charge in [-0.3, -0.25) is 14.3 Å². The van der Waals surface area contributed by atoms with E-state index >= 15 is 0 Å². The molecule has 0 aromatic carbocycles. The van der Waals surface area contributed by atoms with E-state index in [4.69, 9.17) is 0 Å². The number of nitrogens with one attached hydrogen (secondary N) is 2. The van der Waals surface area contributed by atoms with Gasteiger partial charge in [0.1, 0.15) is 5.56 Å². The molecule has 0 aliphatic carbocycles. The van der Waals surface area contributed by atoms with E-state index < -0.39 is 0 Å². The molecule has 0 unspecified atom stereocenters. The monoisotopic (exact) mass is 274 g/mol. The van der Waals surface area contributed by atoms with Gasteiger partial charge in [0.2, 0.25) is 0 Å². The zero-order chi connectivity index (χ0) is 14.5. The van der Waals surface area contributed by atoms with E-state index in [1.54, 1.807) is 0 Å². The Morgan fingerprint density at radius 1 is 1.45 bits per heavy atom. The summed E-state index contributed by atoms with van der Waals surface area (Å²) < 4.78 is 1.91. The molecule has 6 nitrogen and oxygen atoms in total. The highest BCUT2D eigenvalue weighted by atomic mass is 16.2. The first-order valence-electron chi connectivity index (χ1n) is 6.54. The number of hydrogen-bond donors (Lipinski definition) is 2. The quantitative estimate of drug-likeness (QED) is 0.798. The zero-order valence-electron chi connectivity index (χ0n) is 11.6. The smallest absolute Gasteiger partial charge is 0.256 e. The molecule has 0 aliphatic heterocycles. The van der Waals surface area contributed by atoms with Crippen molar-refractivity contribution in [3.8, 4) is 0 Å². The lowest BCUT2D eigenvalue weighted by Gasteiger charge is -2.06. The summed E-state index contributed by atoms with van der Waals surface area (Å²) in [6.07, 6.45) is 3.68. The van der Waals surface area contributed by atoms with Crippen LogP contribution in [0.25, 0.3) is 0 Å². The van der Waals surface area contributed by atoms with Crippen molar-refractivity contribution in [3.05, 3.63) is 51.7 Å². The molecule has 106 valence electrons. The van der Waals surface area contributed by atoms with Crippen LogP contribution >= 0.6 is 0 Å². The number of aromatic nitrogens is 3. The van der Waals surface area contributed by atoms with E-state index in [2.05, 4.69) is 15.4 Å². The molecule has 0 bridgehead atoms. The Morgan fingerprint density at radius 2 is 2.25 bits per heavy atom. The number of nitrogens with zero attached hydrogens (tertiary/aromatic N) is 2. The van der Waals surface area contributed by atoms with Crippen LogP contribution in [0.3, 0.4) is 0 Å². The molecule has 0 radical (unpaired) electrons. The van der Waals surface area contributed by atoms with Crippen LogP contribution in [0, 0.1) is 13.8 Å².